The van der Waals surface area contributed by atoms with Crippen molar-refractivity contribution >= 4 is 25.1 Å². The van der Waals surface area contributed by atoms with E-state index in [9.17, 15) is 14.6 Å². The quantitative estimate of drug-likeness (QED) is 0.125. The van der Waals surface area contributed by atoms with Crippen molar-refractivity contribution in [2.45, 2.75) is 122 Å². The van der Waals surface area contributed by atoms with Crippen LogP contribution in [0.3, 0.4) is 0 Å². The van der Waals surface area contributed by atoms with Crippen LogP contribution in [0.1, 0.15) is 97.4 Å². The first kappa shape index (κ1) is 36.1. The number of fused-ring (bicyclic) bond motifs is 1. The molecule has 270 valence electrons. The molecule has 5 atom stereocenters. The molecule has 0 amide bonds. The van der Waals surface area contributed by atoms with Gasteiger partial charge in [-0.05, 0) is 87.1 Å². The maximum Gasteiger partial charge on any atom is 0.459 e. The number of anilines is 1. The topological polar surface area (TPSA) is 182 Å². The third-order valence-electron chi connectivity index (χ3n) is 9.83. The van der Waals surface area contributed by atoms with Crippen LogP contribution in [-0.4, -0.2) is 57.3 Å². The van der Waals surface area contributed by atoms with Gasteiger partial charge in [0, 0.05) is 0 Å². The zero-order chi connectivity index (χ0) is 35.9. The number of nitrogen functional groups attached to an aromatic ring is 1. The smallest absolute Gasteiger partial charge is 0.459 e. The summed E-state index contributed by atoms with van der Waals surface area (Å²) in [7, 11) is -4.32. The number of nitrogens with zero attached hydrogens (tertiary/aromatic N) is 4. The number of benzene rings is 1. The summed E-state index contributed by atoms with van der Waals surface area (Å²) >= 11 is 0. The van der Waals surface area contributed by atoms with Crippen LogP contribution in [0, 0.1) is 16.9 Å². The molecule has 15 heteroatoms. The summed E-state index contributed by atoms with van der Waals surface area (Å²) in [5.74, 6) is -1.12. The van der Waals surface area contributed by atoms with Crippen LogP contribution >= 0.6 is 7.75 Å². The van der Waals surface area contributed by atoms with E-state index in [1.165, 1.54) is 32.0 Å². The molecule has 1 spiro atoms. The third kappa shape index (κ3) is 7.77. The number of nitrogens with one attached hydrogen (secondary N) is 1. The van der Waals surface area contributed by atoms with Crippen molar-refractivity contribution in [3.05, 3.63) is 54.0 Å². The van der Waals surface area contributed by atoms with E-state index in [0.29, 0.717) is 16.6 Å². The van der Waals surface area contributed by atoms with E-state index in [1.807, 2.05) is 12.1 Å². The molecule has 3 aromatic rings. The largest absolute Gasteiger partial charge is 0.461 e. The molecule has 3 N–H and O–H groups in total. The van der Waals surface area contributed by atoms with Gasteiger partial charge in [0.15, 0.2) is 17.7 Å². The van der Waals surface area contributed by atoms with Gasteiger partial charge in [-0.25, -0.2) is 14.1 Å². The maximum absolute atomic E-state index is 14.5. The number of ether oxygens (including phenoxy) is 4. The second-order valence-corrected chi connectivity index (χ2v) is 16.8. The van der Waals surface area contributed by atoms with Crippen LogP contribution in [0.4, 0.5) is 5.82 Å². The highest BCUT2D eigenvalue weighted by Crippen LogP contribution is 2.54. The van der Waals surface area contributed by atoms with Crippen LogP contribution in [0.15, 0.2) is 42.7 Å². The number of nitriles is 1. The van der Waals surface area contributed by atoms with Crippen molar-refractivity contribution < 1.29 is 37.4 Å². The lowest BCUT2D eigenvalue weighted by molar-refractivity contribution is -0.163. The summed E-state index contributed by atoms with van der Waals surface area (Å²) in [6, 6.07) is 9.62. The number of carbonyl (C=O) groups is 1. The van der Waals surface area contributed by atoms with Crippen LogP contribution in [0.2, 0.25) is 0 Å². The van der Waals surface area contributed by atoms with E-state index in [2.05, 4.69) is 35.9 Å². The van der Waals surface area contributed by atoms with E-state index >= 15 is 0 Å². The fourth-order valence-electron chi connectivity index (χ4n) is 7.24. The number of carbonyl (C=O) groups excluding carboxylic acids is 1. The molecule has 2 aliphatic carbocycles. The number of hydrogen-bond donors (Lipinski definition) is 2. The lowest BCUT2D eigenvalue weighted by Crippen LogP contribution is -2.45. The summed E-state index contributed by atoms with van der Waals surface area (Å²) in [6.45, 7) is 10.8. The Morgan fingerprint density at radius 1 is 1.16 bits per heavy atom. The Kier molecular flexibility index (Phi) is 9.93. The second-order valence-electron chi connectivity index (χ2n) is 15.2. The van der Waals surface area contributed by atoms with Gasteiger partial charge in [0.2, 0.25) is 0 Å². The van der Waals surface area contributed by atoms with E-state index in [-0.39, 0.29) is 23.1 Å². The Labute approximate surface area is 292 Å². The lowest BCUT2D eigenvalue weighted by Gasteiger charge is -2.44. The number of esters is 1. The average Bonchev–Trinajstić information content (AvgIpc) is 3.76. The van der Waals surface area contributed by atoms with Crippen molar-refractivity contribution in [1.29, 1.82) is 5.26 Å². The first-order chi connectivity index (χ1) is 23.6. The number of nitrogens with two attached hydrogens (primary N) is 1. The summed E-state index contributed by atoms with van der Waals surface area (Å²) in [5, 5.41) is 16.8. The third-order valence-corrected chi connectivity index (χ3v) is 11.5. The minimum absolute atomic E-state index is 0.119. The minimum atomic E-state index is -4.32. The molecule has 14 nitrogen and oxygen atoms in total. The van der Waals surface area contributed by atoms with Crippen LogP contribution in [0.5, 0.6) is 5.75 Å². The summed E-state index contributed by atoms with van der Waals surface area (Å²) in [6.07, 6.45) is 6.46. The number of hydrogen-bond acceptors (Lipinski definition) is 12. The Hall–Kier alpha value is -3.73. The Balaban J connectivity index is 1.22. The fraction of sp³-hybridized carbons (Fsp3) is 0.600. The molecule has 3 aliphatic rings. The lowest BCUT2D eigenvalue weighted by atomic mass is 9.65. The first-order valence-electron chi connectivity index (χ1n) is 17.1. The molecule has 6 rings (SSSR count). The average molecular weight is 711 g/mol. The van der Waals surface area contributed by atoms with Gasteiger partial charge in [0.25, 0.3) is 6.26 Å². The van der Waals surface area contributed by atoms with E-state index < -0.39 is 50.5 Å². The van der Waals surface area contributed by atoms with Gasteiger partial charge in [-0.3, -0.25) is 9.32 Å². The van der Waals surface area contributed by atoms with Gasteiger partial charge in [-0.15, -0.1) is 0 Å². The molecule has 1 saturated heterocycles. The first-order valence-corrected chi connectivity index (χ1v) is 18.7. The molecular formula is C35H47N6O8P. The molecule has 0 radical (unpaired) electrons. The zero-order valence-electron chi connectivity index (χ0n) is 29.5. The molecular weight excluding hydrogens is 663 g/mol. The number of aromatic nitrogens is 3. The number of rotatable bonds is 12. The van der Waals surface area contributed by atoms with Gasteiger partial charge in [-0.1, -0.05) is 45.7 Å². The second kappa shape index (κ2) is 13.8. The standard InChI is InChI=1S/C35H47N6O8P/c1-22(32(42)46-25-17-35(18-25)15-7-8-16-35)40-50(43,49-24-11-9-23(10-12-24)33(2,3)4)45-19-28(44-20-36)30-29(47-34(5,6)48-30)26-13-14-27-31(37)38-21-39-41(26)27/h9-14,21-22,25,28-30H,7-8,15-19H2,1-6H3,(H,40,43)(H2,37,38,39)/t22-,28+,29-,30+,50?/m0/s1. The molecule has 1 aromatic carbocycles. The van der Waals surface area contributed by atoms with Crippen molar-refractivity contribution in [2.24, 2.45) is 5.41 Å². The fourth-order valence-corrected chi connectivity index (χ4v) is 8.74. The van der Waals surface area contributed by atoms with E-state index in [4.69, 9.17) is 33.7 Å². The highest BCUT2D eigenvalue weighted by molar-refractivity contribution is 7.52. The van der Waals surface area contributed by atoms with E-state index in [1.54, 1.807) is 55.8 Å². The molecule has 3 heterocycles. The van der Waals surface area contributed by atoms with Gasteiger partial charge in [0.1, 0.15) is 41.9 Å². The molecule has 3 fully saturated rings. The SMILES string of the molecule is C[C@H](NP(=O)(OC[C@@H](OC#N)[C@H]1OC(C)(C)O[C@H]1c1ccc2c(N)ncnn12)Oc1ccc(C(C)(C)C)cc1)C(=O)OC1CC2(CCCC2)C1. The highest BCUT2D eigenvalue weighted by Gasteiger charge is 2.50. The molecule has 2 aromatic heterocycles. The maximum atomic E-state index is 14.5. The van der Waals surface area contributed by atoms with Crippen molar-refractivity contribution in [3.8, 4) is 12.0 Å². The molecule has 2 saturated carbocycles. The van der Waals surface area contributed by atoms with Gasteiger partial charge in [-0.2, -0.15) is 15.4 Å². The predicted molar refractivity (Wildman–Crippen MR) is 183 cm³/mol. The van der Waals surface area contributed by atoms with Gasteiger partial charge < -0.3 is 29.2 Å². The van der Waals surface area contributed by atoms with Crippen LogP contribution in [0.25, 0.3) is 5.52 Å². The predicted octanol–water partition coefficient (Wildman–Crippen LogP) is 6.12. The zero-order valence-corrected chi connectivity index (χ0v) is 30.4. The summed E-state index contributed by atoms with van der Waals surface area (Å²) in [4.78, 5) is 17.3. The van der Waals surface area contributed by atoms with Crippen molar-refractivity contribution in [2.75, 3.05) is 12.3 Å². The van der Waals surface area contributed by atoms with Crippen LogP contribution < -0.4 is 15.3 Å². The molecule has 1 aliphatic heterocycles. The molecule has 50 heavy (non-hydrogen) atoms. The normalized spacial score (nSPS) is 23.9. The summed E-state index contributed by atoms with van der Waals surface area (Å²) < 4.78 is 51.8. The molecule has 1 unspecified atom stereocenters. The Bertz CT molecular complexity index is 1770. The van der Waals surface area contributed by atoms with Gasteiger partial charge in [0.05, 0.1) is 12.3 Å². The monoisotopic (exact) mass is 710 g/mol. The summed E-state index contributed by atoms with van der Waals surface area (Å²) in [5.41, 5.74) is 8.41. The van der Waals surface area contributed by atoms with Gasteiger partial charge >= 0.3 is 13.7 Å². The van der Waals surface area contributed by atoms with Crippen molar-refractivity contribution in [3.63, 3.8) is 0 Å². The Morgan fingerprint density at radius 2 is 1.86 bits per heavy atom. The Morgan fingerprint density at radius 3 is 2.52 bits per heavy atom. The van der Waals surface area contributed by atoms with Crippen molar-refractivity contribution in [1.82, 2.24) is 19.7 Å². The highest BCUT2D eigenvalue weighted by atomic mass is 31.2. The van der Waals surface area contributed by atoms with E-state index in [0.717, 1.165) is 18.4 Å². The molecule has 0 bridgehead atoms. The van der Waals surface area contributed by atoms with Crippen LogP contribution in [-0.2, 0) is 38.2 Å². The minimum Gasteiger partial charge on any atom is -0.461 e.